The van der Waals surface area contributed by atoms with Gasteiger partial charge in [0.15, 0.2) is 0 Å². The summed E-state index contributed by atoms with van der Waals surface area (Å²) in [5, 5.41) is 9.86. The Hall–Kier alpha value is -1.50. The highest BCUT2D eigenvalue weighted by molar-refractivity contribution is 5.85. The van der Waals surface area contributed by atoms with Crippen LogP contribution in [0.3, 0.4) is 0 Å². The van der Waals surface area contributed by atoms with Crippen LogP contribution in [-0.2, 0) is 0 Å². The average molecular weight is 443 g/mol. The van der Waals surface area contributed by atoms with Crippen molar-refractivity contribution in [3.05, 3.63) is 0 Å². The van der Waals surface area contributed by atoms with Crippen LogP contribution in [0.15, 0.2) is 0 Å². The van der Waals surface area contributed by atoms with E-state index < -0.39 is 0 Å². The molecule has 0 radical (unpaired) electrons. The lowest BCUT2D eigenvalue weighted by Gasteiger charge is -2.38. The molecule has 3 aliphatic heterocycles. The van der Waals surface area contributed by atoms with Crippen molar-refractivity contribution in [1.29, 1.82) is 0 Å². The highest BCUT2D eigenvalue weighted by atomic mass is 35.5. The van der Waals surface area contributed by atoms with E-state index in [9.17, 15) is 5.11 Å². The van der Waals surface area contributed by atoms with E-state index in [-0.39, 0.29) is 42.7 Å². The van der Waals surface area contributed by atoms with Crippen LogP contribution in [-0.4, -0.2) is 89.6 Å². The van der Waals surface area contributed by atoms with Gasteiger partial charge in [-0.05, 0) is 25.7 Å². The molecule has 3 aliphatic rings. The second-order valence-corrected chi connectivity index (χ2v) is 8.78. The summed E-state index contributed by atoms with van der Waals surface area (Å²) in [6.07, 6.45) is 2.73. The number of aliphatic hydroxyl groups is 1. The number of rotatable bonds is 3. The third kappa shape index (κ3) is 5.40. The number of hydrogen-bond acceptors (Lipinski definition) is 11. The third-order valence-electron chi connectivity index (χ3n) is 5.94. The van der Waals surface area contributed by atoms with Gasteiger partial charge in [0.2, 0.25) is 17.8 Å². The molecule has 11 nitrogen and oxygen atoms in total. The first-order valence-corrected chi connectivity index (χ1v) is 10.6. The molecule has 0 unspecified atom stereocenters. The van der Waals surface area contributed by atoms with E-state index in [0.29, 0.717) is 70.0 Å². The molecule has 30 heavy (non-hydrogen) atoms. The van der Waals surface area contributed by atoms with Crippen molar-refractivity contribution in [2.45, 2.75) is 56.0 Å². The summed E-state index contributed by atoms with van der Waals surface area (Å²) in [7, 11) is 0. The van der Waals surface area contributed by atoms with Gasteiger partial charge in [-0.25, -0.2) is 0 Å². The van der Waals surface area contributed by atoms with Gasteiger partial charge in [-0.15, -0.1) is 12.4 Å². The van der Waals surface area contributed by atoms with Gasteiger partial charge in [0.05, 0.1) is 6.10 Å². The van der Waals surface area contributed by atoms with Crippen LogP contribution in [0.4, 0.5) is 17.8 Å². The van der Waals surface area contributed by atoms with E-state index >= 15 is 0 Å². The third-order valence-corrected chi connectivity index (χ3v) is 5.94. The van der Waals surface area contributed by atoms with Crippen molar-refractivity contribution in [1.82, 2.24) is 15.0 Å². The minimum absolute atomic E-state index is 0. The molecule has 9 N–H and O–H groups in total. The number of nitrogens with two attached hydrogens (primary N) is 4. The number of aromatic nitrogens is 3. The number of aliphatic hydroxyl groups excluding tert-OH is 1. The molecule has 170 valence electrons. The Bertz CT molecular complexity index is 639. The van der Waals surface area contributed by atoms with Gasteiger partial charge < -0.3 is 42.7 Å². The maximum atomic E-state index is 9.86. The standard InChI is InChI=1S/C18H34N10O.ClH/c19-11-5-12(20)8-27(7-11)17-23-16(26-3-1-15(29)2-4-26)24-18(25-17)28-9-13(21)6-14(22)10-28;/h11-15,29H,1-10,19-22H2;1H/t11-,12-,13-,14+;/m1./s1. The topological polar surface area (TPSA) is 173 Å². The minimum Gasteiger partial charge on any atom is -0.393 e. The lowest BCUT2D eigenvalue weighted by Crippen LogP contribution is -2.54. The van der Waals surface area contributed by atoms with Gasteiger partial charge in [-0.1, -0.05) is 0 Å². The Morgan fingerprint density at radius 2 is 0.967 bits per heavy atom. The van der Waals surface area contributed by atoms with Crippen LogP contribution < -0.4 is 37.6 Å². The summed E-state index contributed by atoms with van der Waals surface area (Å²) >= 11 is 0. The second-order valence-electron chi connectivity index (χ2n) is 8.78. The summed E-state index contributed by atoms with van der Waals surface area (Å²) in [5.41, 5.74) is 24.8. The highest BCUT2D eigenvalue weighted by Gasteiger charge is 2.30. The Morgan fingerprint density at radius 3 is 1.33 bits per heavy atom. The van der Waals surface area contributed by atoms with E-state index in [1.807, 2.05) is 0 Å². The lowest BCUT2D eigenvalue weighted by atomic mass is 10.0. The summed E-state index contributed by atoms with van der Waals surface area (Å²) in [6.45, 7) is 4.07. The van der Waals surface area contributed by atoms with Gasteiger partial charge in [-0.3, -0.25) is 0 Å². The quantitative estimate of drug-likeness (QED) is 0.349. The van der Waals surface area contributed by atoms with Crippen LogP contribution >= 0.6 is 12.4 Å². The molecule has 1 aromatic rings. The van der Waals surface area contributed by atoms with Gasteiger partial charge in [0.25, 0.3) is 0 Å². The lowest BCUT2D eigenvalue weighted by molar-refractivity contribution is 0.145. The fraction of sp³-hybridized carbons (Fsp3) is 0.833. The monoisotopic (exact) mass is 442 g/mol. The Kier molecular flexibility index (Phi) is 7.53. The number of hydrogen-bond donors (Lipinski definition) is 5. The fourth-order valence-electron chi connectivity index (χ4n) is 4.52. The first kappa shape index (κ1) is 23.2. The predicted octanol–water partition coefficient (Wildman–Crippen LogP) is -2.02. The number of anilines is 3. The van der Waals surface area contributed by atoms with Crippen molar-refractivity contribution in [2.75, 3.05) is 54.0 Å². The van der Waals surface area contributed by atoms with Crippen molar-refractivity contribution in [3.63, 3.8) is 0 Å². The van der Waals surface area contributed by atoms with E-state index in [4.69, 9.17) is 37.9 Å². The van der Waals surface area contributed by atoms with Crippen molar-refractivity contribution >= 4 is 30.3 Å². The Balaban J connectivity index is 0.00000256. The van der Waals surface area contributed by atoms with Crippen molar-refractivity contribution in [2.24, 2.45) is 22.9 Å². The number of nitrogens with zero attached hydrogens (tertiary/aromatic N) is 6. The molecule has 4 atom stereocenters. The largest absolute Gasteiger partial charge is 0.393 e. The van der Waals surface area contributed by atoms with Gasteiger partial charge in [0, 0.05) is 63.4 Å². The predicted molar refractivity (Wildman–Crippen MR) is 120 cm³/mol. The normalized spacial score (nSPS) is 30.9. The Labute approximate surface area is 183 Å². The van der Waals surface area contributed by atoms with E-state index in [1.165, 1.54) is 0 Å². The smallest absolute Gasteiger partial charge is 0.232 e. The molecule has 3 saturated heterocycles. The van der Waals surface area contributed by atoms with Crippen LogP contribution in [0.1, 0.15) is 25.7 Å². The molecule has 0 bridgehead atoms. The highest BCUT2D eigenvalue weighted by Crippen LogP contribution is 2.25. The maximum absolute atomic E-state index is 9.86. The molecule has 0 aliphatic carbocycles. The minimum atomic E-state index is -0.261. The van der Waals surface area contributed by atoms with E-state index in [1.54, 1.807) is 0 Å². The number of piperidine rings is 3. The fourth-order valence-corrected chi connectivity index (χ4v) is 4.52. The van der Waals surface area contributed by atoms with Crippen LogP contribution in [0.25, 0.3) is 0 Å². The van der Waals surface area contributed by atoms with E-state index in [0.717, 1.165) is 12.8 Å². The van der Waals surface area contributed by atoms with Crippen molar-refractivity contribution in [3.8, 4) is 0 Å². The zero-order valence-corrected chi connectivity index (χ0v) is 18.1. The number of halogens is 1. The Morgan fingerprint density at radius 1 is 0.633 bits per heavy atom. The molecular formula is C18H35ClN10O. The second kappa shape index (κ2) is 9.75. The zero-order chi connectivity index (χ0) is 20.5. The molecule has 4 heterocycles. The summed E-state index contributed by atoms with van der Waals surface area (Å²) < 4.78 is 0. The van der Waals surface area contributed by atoms with Gasteiger partial charge in [0.1, 0.15) is 0 Å². The van der Waals surface area contributed by atoms with Crippen LogP contribution in [0.5, 0.6) is 0 Å². The summed E-state index contributed by atoms with van der Waals surface area (Å²) in [5.74, 6) is 1.81. The molecule has 12 heteroatoms. The van der Waals surface area contributed by atoms with Crippen LogP contribution in [0, 0.1) is 0 Å². The molecule has 0 amide bonds. The molecule has 0 saturated carbocycles. The van der Waals surface area contributed by atoms with Crippen LogP contribution in [0.2, 0.25) is 0 Å². The zero-order valence-electron chi connectivity index (χ0n) is 17.3. The molecular weight excluding hydrogens is 408 g/mol. The molecule has 3 fully saturated rings. The van der Waals surface area contributed by atoms with Crippen molar-refractivity contribution < 1.29 is 5.11 Å². The molecule has 0 aromatic carbocycles. The average Bonchev–Trinajstić information content (AvgIpc) is 2.67. The summed E-state index contributed by atoms with van der Waals surface area (Å²) in [6, 6.07) is -0.0393. The SMILES string of the molecule is Cl.N[C@@H]1C[C@@H](N)CN(c2nc(N3CCC(O)CC3)nc(N3C[C@H](N)C[C@H](N)C3)n2)C1. The maximum Gasteiger partial charge on any atom is 0.232 e. The molecule has 4 rings (SSSR count). The molecule has 0 spiro atoms. The molecule has 1 aromatic heterocycles. The summed E-state index contributed by atoms with van der Waals surface area (Å²) in [4.78, 5) is 20.5. The van der Waals surface area contributed by atoms with Gasteiger partial charge in [-0.2, -0.15) is 15.0 Å². The van der Waals surface area contributed by atoms with E-state index in [2.05, 4.69) is 14.7 Å². The first-order chi connectivity index (χ1) is 13.9. The first-order valence-electron chi connectivity index (χ1n) is 10.6. The van der Waals surface area contributed by atoms with Gasteiger partial charge >= 0.3 is 0 Å².